The quantitative estimate of drug-likeness (QED) is 0.435. The summed E-state index contributed by atoms with van der Waals surface area (Å²) < 4.78 is 6.27. The molecule has 8 nitrogen and oxygen atoms in total. The van der Waals surface area contributed by atoms with E-state index in [1.165, 1.54) is 0 Å². The summed E-state index contributed by atoms with van der Waals surface area (Å²) in [6.07, 6.45) is 6.79. The minimum atomic E-state index is -0.164. The Labute approximate surface area is 224 Å². The van der Waals surface area contributed by atoms with Gasteiger partial charge >= 0.3 is 6.03 Å². The van der Waals surface area contributed by atoms with Gasteiger partial charge in [0.2, 0.25) is 5.95 Å². The lowest BCUT2D eigenvalue weighted by atomic mass is 10.0. The Hall–Kier alpha value is -3.94. The molecule has 0 saturated carbocycles. The Morgan fingerprint density at radius 3 is 2.58 bits per heavy atom. The molecule has 1 N–H and O–H groups in total. The lowest BCUT2D eigenvalue weighted by molar-refractivity contribution is -0.117. The second-order valence-corrected chi connectivity index (χ2v) is 10.2. The van der Waals surface area contributed by atoms with Gasteiger partial charge in [-0.25, -0.2) is 14.8 Å². The minimum absolute atomic E-state index is 0.0957. The highest BCUT2D eigenvalue weighted by Crippen LogP contribution is 2.38. The van der Waals surface area contributed by atoms with Crippen molar-refractivity contribution in [2.24, 2.45) is 5.92 Å². The number of aromatic nitrogens is 2. The van der Waals surface area contributed by atoms with Crippen molar-refractivity contribution in [1.82, 2.24) is 9.97 Å². The molecule has 0 radical (unpaired) electrons. The molecule has 0 bridgehead atoms. The van der Waals surface area contributed by atoms with Gasteiger partial charge in [-0.3, -0.25) is 4.90 Å². The van der Waals surface area contributed by atoms with Gasteiger partial charge in [0.05, 0.1) is 12.2 Å². The molecule has 38 heavy (non-hydrogen) atoms. The fourth-order valence-electron chi connectivity index (χ4n) is 5.29. The van der Waals surface area contributed by atoms with Crippen LogP contribution in [0.25, 0.3) is 11.1 Å². The SMILES string of the molecule is CCc1ccccc1NC(=O)N1CC(CC)Oc2cc(-c3cnc(N4CCC(CC(C)=O)C4)nc3)ccc21. The molecule has 5 rings (SSSR count). The summed E-state index contributed by atoms with van der Waals surface area (Å²) in [5.41, 5.74) is 4.49. The van der Waals surface area contributed by atoms with Crippen molar-refractivity contribution in [3.05, 3.63) is 60.4 Å². The van der Waals surface area contributed by atoms with Crippen LogP contribution >= 0.6 is 0 Å². The lowest BCUT2D eigenvalue weighted by Gasteiger charge is -2.35. The first kappa shape index (κ1) is 25.7. The molecular formula is C30H35N5O3. The highest BCUT2D eigenvalue weighted by Gasteiger charge is 2.30. The van der Waals surface area contributed by atoms with E-state index in [1.54, 1.807) is 11.8 Å². The maximum Gasteiger partial charge on any atom is 0.326 e. The van der Waals surface area contributed by atoms with Gasteiger partial charge in [-0.2, -0.15) is 0 Å². The molecule has 1 saturated heterocycles. The topological polar surface area (TPSA) is 87.7 Å². The van der Waals surface area contributed by atoms with Crippen LogP contribution in [0.2, 0.25) is 0 Å². The first-order valence-electron chi connectivity index (χ1n) is 13.5. The number of ketones is 1. The molecular weight excluding hydrogens is 478 g/mol. The Bertz CT molecular complexity index is 1310. The zero-order valence-electron chi connectivity index (χ0n) is 22.3. The van der Waals surface area contributed by atoms with Gasteiger partial charge in [-0.05, 0) is 61.4 Å². The Kier molecular flexibility index (Phi) is 7.58. The summed E-state index contributed by atoms with van der Waals surface area (Å²) in [6.45, 7) is 7.95. The minimum Gasteiger partial charge on any atom is -0.486 e. The van der Waals surface area contributed by atoms with E-state index in [0.717, 1.165) is 60.4 Å². The van der Waals surface area contributed by atoms with Crippen LogP contribution in [0.1, 0.15) is 45.6 Å². The number of carbonyl (C=O) groups is 2. The zero-order valence-corrected chi connectivity index (χ0v) is 22.3. The van der Waals surface area contributed by atoms with Gasteiger partial charge in [0.1, 0.15) is 17.6 Å². The fourth-order valence-corrected chi connectivity index (χ4v) is 5.29. The van der Waals surface area contributed by atoms with E-state index in [0.29, 0.717) is 30.6 Å². The predicted octanol–water partition coefficient (Wildman–Crippen LogP) is 5.72. The van der Waals surface area contributed by atoms with Crippen LogP contribution < -0.4 is 19.9 Å². The van der Waals surface area contributed by atoms with Crippen LogP contribution in [0, 0.1) is 5.92 Å². The maximum atomic E-state index is 13.4. The summed E-state index contributed by atoms with van der Waals surface area (Å²) in [5.74, 6) is 1.97. The Balaban J connectivity index is 1.34. The van der Waals surface area contributed by atoms with Crippen molar-refractivity contribution >= 4 is 29.1 Å². The number of nitrogens with zero attached hydrogens (tertiary/aromatic N) is 4. The van der Waals surface area contributed by atoms with E-state index in [-0.39, 0.29) is 17.9 Å². The van der Waals surface area contributed by atoms with E-state index in [4.69, 9.17) is 4.74 Å². The normalized spacial score (nSPS) is 18.6. The third-order valence-corrected chi connectivity index (χ3v) is 7.39. The lowest BCUT2D eigenvalue weighted by Crippen LogP contribution is -2.45. The molecule has 1 fully saturated rings. The van der Waals surface area contributed by atoms with Crippen molar-refractivity contribution in [2.75, 3.05) is 34.8 Å². The number of nitrogens with one attached hydrogen (secondary N) is 1. The van der Waals surface area contributed by atoms with Gasteiger partial charge in [0, 0.05) is 43.2 Å². The number of para-hydroxylation sites is 1. The monoisotopic (exact) mass is 513 g/mol. The number of Topliss-reactive ketones (excluding diaryl/α,β-unsaturated/α-hetero) is 1. The first-order chi connectivity index (χ1) is 18.4. The maximum absolute atomic E-state index is 13.4. The average molecular weight is 514 g/mol. The third kappa shape index (κ3) is 5.49. The Morgan fingerprint density at radius 1 is 1.05 bits per heavy atom. The van der Waals surface area contributed by atoms with E-state index in [2.05, 4.69) is 34.0 Å². The second kappa shape index (κ2) is 11.2. The van der Waals surface area contributed by atoms with Crippen LogP contribution in [0.5, 0.6) is 5.75 Å². The number of fused-ring (bicyclic) bond motifs is 1. The molecule has 0 aliphatic carbocycles. The van der Waals surface area contributed by atoms with E-state index >= 15 is 0 Å². The molecule has 2 amide bonds. The fraction of sp³-hybridized carbons (Fsp3) is 0.400. The number of hydrogen-bond acceptors (Lipinski definition) is 6. The summed E-state index contributed by atoms with van der Waals surface area (Å²) >= 11 is 0. The number of anilines is 3. The molecule has 198 valence electrons. The molecule has 2 aliphatic rings. The van der Waals surface area contributed by atoms with E-state index in [1.807, 2.05) is 54.9 Å². The smallest absolute Gasteiger partial charge is 0.326 e. The Morgan fingerprint density at radius 2 is 1.84 bits per heavy atom. The highest BCUT2D eigenvalue weighted by molar-refractivity contribution is 6.03. The largest absolute Gasteiger partial charge is 0.486 e. The van der Waals surface area contributed by atoms with Crippen molar-refractivity contribution in [3.63, 3.8) is 0 Å². The number of rotatable bonds is 7. The van der Waals surface area contributed by atoms with Gasteiger partial charge in [-0.1, -0.05) is 38.1 Å². The molecule has 3 aromatic rings. The molecule has 2 unspecified atom stereocenters. The molecule has 8 heteroatoms. The summed E-state index contributed by atoms with van der Waals surface area (Å²) in [4.78, 5) is 38.0. The molecule has 0 spiro atoms. The molecule has 2 atom stereocenters. The van der Waals surface area contributed by atoms with Crippen LogP contribution in [0.4, 0.5) is 22.1 Å². The second-order valence-electron chi connectivity index (χ2n) is 10.2. The van der Waals surface area contributed by atoms with Crippen LogP contribution in [0.15, 0.2) is 54.9 Å². The predicted molar refractivity (Wildman–Crippen MR) is 150 cm³/mol. The number of benzene rings is 2. The number of carbonyl (C=O) groups excluding carboxylic acids is 2. The van der Waals surface area contributed by atoms with Gasteiger partial charge in [0.25, 0.3) is 0 Å². The zero-order chi connectivity index (χ0) is 26.6. The van der Waals surface area contributed by atoms with Gasteiger partial charge in [0.15, 0.2) is 0 Å². The number of hydrogen-bond donors (Lipinski definition) is 1. The molecule has 2 aromatic carbocycles. The summed E-state index contributed by atoms with van der Waals surface area (Å²) in [7, 11) is 0. The van der Waals surface area contributed by atoms with Crippen LogP contribution in [-0.4, -0.2) is 47.5 Å². The number of amides is 2. The van der Waals surface area contributed by atoms with Crippen molar-refractivity contribution in [2.45, 2.75) is 52.6 Å². The third-order valence-electron chi connectivity index (χ3n) is 7.39. The first-order valence-corrected chi connectivity index (χ1v) is 13.5. The van der Waals surface area contributed by atoms with E-state index in [9.17, 15) is 9.59 Å². The number of aryl methyl sites for hydroxylation is 1. The van der Waals surface area contributed by atoms with Gasteiger partial charge in [-0.15, -0.1) is 0 Å². The van der Waals surface area contributed by atoms with E-state index < -0.39 is 0 Å². The molecule has 2 aliphatic heterocycles. The number of urea groups is 1. The molecule has 1 aromatic heterocycles. The van der Waals surface area contributed by atoms with Crippen molar-refractivity contribution in [3.8, 4) is 16.9 Å². The standard InChI is InChI=1S/C30H35N5O3/c1-4-22-8-6-7-9-26(22)33-30(37)35-19-25(5-2)38-28-15-23(10-11-27(28)35)24-16-31-29(32-17-24)34-13-12-21(18-34)14-20(3)36/h6-11,15-17,21,25H,4-5,12-14,18-19H2,1-3H3,(H,33,37). The van der Waals surface area contributed by atoms with Crippen molar-refractivity contribution < 1.29 is 14.3 Å². The number of ether oxygens (including phenoxy) is 1. The average Bonchev–Trinajstić information content (AvgIpc) is 3.40. The van der Waals surface area contributed by atoms with Crippen molar-refractivity contribution in [1.29, 1.82) is 0 Å². The van der Waals surface area contributed by atoms with Crippen LogP contribution in [-0.2, 0) is 11.2 Å². The van der Waals surface area contributed by atoms with Crippen LogP contribution in [0.3, 0.4) is 0 Å². The highest BCUT2D eigenvalue weighted by atomic mass is 16.5. The summed E-state index contributed by atoms with van der Waals surface area (Å²) in [5, 5.41) is 3.10. The summed E-state index contributed by atoms with van der Waals surface area (Å²) in [6, 6.07) is 13.6. The van der Waals surface area contributed by atoms with Gasteiger partial charge < -0.3 is 19.7 Å². The molecule has 3 heterocycles.